The van der Waals surface area contributed by atoms with E-state index in [1.54, 1.807) is 0 Å². The quantitative estimate of drug-likeness (QED) is 0.693. The lowest BCUT2D eigenvalue weighted by atomic mass is 10.00. The van der Waals surface area contributed by atoms with Crippen LogP contribution in [0.25, 0.3) is 0 Å². The molecule has 0 aliphatic carbocycles. The number of halogens is 1. The second kappa shape index (κ2) is 8.39. The molecule has 1 N–H and O–H groups in total. The number of rotatable bonds is 7. The van der Waals surface area contributed by atoms with Crippen LogP contribution in [0, 0.1) is 3.57 Å². The zero-order valence-electron chi connectivity index (χ0n) is 12.6. The lowest BCUT2D eigenvalue weighted by Crippen LogP contribution is -2.19. The van der Waals surface area contributed by atoms with Crippen LogP contribution in [-0.2, 0) is 6.61 Å². The Labute approximate surface area is 141 Å². The topological polar surface area (TPSA) is 21.3 Å². The van der Waals surface area contributed by atoms with E-state index in [0.717, 1.165) is 18.8 Å². The van der Waals surface area contributed by atoms with Gasteiger partial charge in [0.05, 0.1) is 0 Å². The van der Waals surface area contributed by atoms with Gasteiger partial charge in [-0.1, -0.05) is 44.2 Å². The summed E-state index contributed by atoms with van der Waals surface area (Å²) in [5, 5.41) is 3.39. The Morgan fingerprint density at radius 1 is 1.14 bits per heavy atom. The van der Waals surface area contributed by atoms with Crippen molar-refractivity contribution in [2.45, 2.75) is 26.4 Å². The minimum atomic E-state index is 0.538. The molecule has 0 saturated carbocycles. The van der Waals surface area contributed by atoms with Gasteiger partial charge in [0.15, 0.2) is 0 Å². The molecule has 0 radical (unpaired) electrons. The largest absolute Gasteiger partial charge is 0.489 e. The van der Waals surface area contributed by atoms with Crippen LogP contribution in [0.3, 0.4) is 0 Å². The molecule has 1 atom stereocenters. The third-order valence-corrected chi connectivity index (χ3v) is 4.12. The highest BCUT2D eigenvalue weighted by Crippen LogP contribution is 2.18. The Balaban J connectivity index is 1.90. The molecule has 0 spiro atoms. The summed E-state index contributed by atoms with van der Waals surface area (Å²) in [5.41, 5.74) is 2.57. The molecule has 2 aromatic rings. The van der Waals surface area contributed by atoms with Gasteiger partial charge in [-0.05, 0) is 64.4 Å². The van der Waals surface area contributed by atoms with Gasteiger partial charge in [-0.3, -0.25) is 0 Å². The first-order valence-corrected chi connectivity index (χ1v) is 8.45. The summed E-state index contributed by atoms with van der Waals surface area (Å²) in [5.74, 6) is 1.46. The van der Waals surface area contributed by atoms with Crippen molar-refractivity contribution in [3.05, 3.63) is 63.2 Å². The molecule has 1 unspecified atom stereocenters. The first-order valence-electron chi connectivity index (χ1n) is 7.37. The van der Waals surface area contributed by atoms with Crippen LogP contribution >= 0.6 is 22.6 Å². The highest BCUT2D eigenvalue weighted by molar-refractivity contribution is 14.1. The van der Waals surface area contributed by atoms with E-state index in [1.807, 2.05) is 18.2 Å². The van der Waals surface area contributed by atoms with Crippen LogP contribution in [0.2, 0.25) is 0 Å². The zero-order chi connectivity index (χ0) is 15.1. The van der Waals surface area contributed by atoms with Gasteiger partial charge in [0, 0.05) is 10.1 Å². The lowest BCUT2D eigenvalue weighted by Gasteiger charge is -2.13. The summed E-state index contributed by atoms with van der Waals surface area (Å²) < 4.78 is 7.01. The van der Waals surface area contributed by atoms with Gasteiger partial charge in [-0.2, -0.15) is 0 Å². The second-order valence-electron chi connectivity index (χ2n) is 5.20. The maximum absolute atomic E-state index is 5.82. The predicted molar refractivity (Wildman–Crippen MR) is 96.9 cm³/mol. The van der Waals surface area contributed by atoms with E-state index < -0.39 is 0 Å². The Morgan fingerprint density at radius 2 is 1.90 bits per heavy atom. The molecule has 0 fully saturated rings. The number of hydrogen-bond acceptors (Lipinski definition) is 2. The monoisotopic (exact) mass is 395 g/mol. The van der Waals surface area contributed by atoms with Crippen molar-refractivity contribution in [1.82, 2.24) is 5.32 Å². The minimum Gasteiger partial charge on any atom is -0.489 e. The van der Waals surface area contributed by atoms with Crippen molar-refractivity contribution in [2.24, 2.45) is 0 Å². The SMILES string of the molecule is CCNCC(C)c1ccc(COc2cccc(I)c2)cc1. The van der Waals surface area contributed by atoms with Crippen LogP contribution in [0.15, 0.2) is 48.5 Å². The maximum atomic E-state index is 5.82. The third kappa shape index (κ3) is 5.32. The highest BCUT2D eigenvalue weighted by Gasteiger charge is 2.04. The van der Waals surface area contributed by atoms with Gasteiger partial charge >= 0.3 is 0 Å². The van der Waals surface area contributed by atoms with E-state index in [-0.39, 0.29) is 0 Å². The Hall–Kier alpha value is -1.07. The maximum Gasteiger partial charge on any atom is 0.120 e. The molecule has 0 aliphatic rings. The zero-order valence-corrected chi connectivity index (χ0v) is 14.8. The van der Waals surface area contributed by atoms with Crippen molar-refractivity contribution in [2.75, 3.05) is 13.1 Å². The molecule has 21 heavy (non-hydrogen) atoms. The normalized spacial score (nSPS) is 12.1. The summed E-state index contributed by atoms with van der Waals surface area (Å²) in [6, 6.07) is 16.8. The summed E-state index contributed by atoms with van der Waals surface area (Å²) in [7, 11) is 0. The van der Waals surface area contributed by atoms with Gasteiger partial charge in [0.25, 0.3) is 0 Å². The Kier molecular flexibility index (Phi) is 6.51. The molecule has 2 nitrogen and oxygen atoms in total. The molecule has 0 aliphatic heterocycles. The average Bonchev–Trinajstić information content (AvgIpc) is 2.51. The predicted octanol–water partition coefficient (Wildman–Crippen LogP) is 4.58. The van der Waals surface area contributed by atoms with Crippen molar-refractivity contribution in [1.29, 1.82) is 0 Å². The Morgan fingerprint density at radius 3 is 2.57 bits per heavy atom. The fraction of sp³-hybridized carbons (Fsp3) is 0.333. The average molecular weight is 395 g/mol. The molecule has 0 amide bonds. The van der Waals surface area contributed by atoms with Gasteiger partial charge in [0.2, 0.25) is 0 Å². The number of ether oxygens (including phenoxy) is 1. The number of hydrogen-bond donors (Lipinski definition) is 1. The minimum absolute atomic E-state index is 0.538. The number of nitrogens with one attached hydrogen (secondary N) is 1. The van der Waals surface area contributed by atoms with E-state index >= 15 is 0 Å². The molecule has 0 aromatic heterocycles. The van der Waals surface area contributed by atoms with E-state index in [2.05, 4.69) is 72.1 Å². The van der Waals surface area contributed by atoms with Gasteiger partial charge in [0.1, 0.15) is 12.4 Å². The van der Waals surface area contributed by atoms with Gasteiger partial charge in [-0.15, -0.1) is 0 Å². The van der Waals surface area contributed by atoms with Crippen LogP contribution in [0.1, 0.15) is 30.9 Å². The lowest BCUT2D eigenvalue weighted by molar-refractivity contribution is 0.306. The molecule has 0 bridgehead atoms. The first kappa shape index (κ1) is 16.3. The standard InChI is InChI=1S/C18H22INO/c1-3-20-12-14(2)16-9-7-15(8-10-16)13-21-18-6-4-5-17(19)11-18/h4-11,14,20H,3,12-13H2,1-2H3. The van der Waals surface area contributed by atoms with Gasteiger partial charge < -0.3 is 10.1 Å². The number of benzene rings is 2. The smallest absolute Gasteiger partial charge is 0.120 e. The Bertz CT molecular complexity index is 553. The third-order valence-electron chi connectivity index (χ3n) is 3.45. The summed E-state index contributed by atoms with van der Waals surface area (Å²) in [4.78, 5) is 0. The molecule has 2 rings (SSSR count). The highest BCUT2D eigenvalue weighted by atomic mass is 127. The summed E-state index contributed by atoms with van der Waals surface area (Å²) in [6.45, 7) is 7.04. The van der Waals surface area contributed by atoms with Crippen LogP contribution in [-0.4, -0.2) is 13.1 Å². The van der Waals surface area contributed by atoms with Crippen molar-refractivity contribution >= 4 is 22.6 Å². The van der Waals surface area contributed by atoms with Crippen LogP contribution in [0.5, 0.6) is 5.75 Å². The van der Waals surface area contributed by atoms with Crippen LogP contribution < -0.4 is 10.1 Å². The van der Waals surface area contributed by atoms with E-state index in [9.17, 15) is 0 Å². The second-order valence-corrected chi connectivity index (χ2v) is 6.44. The van der Waals surface area contributed by atoms with Crippen LogP contribution in [0.4, 0.5) is 0 Å². The number of likely N-dealkylation sites (N-methyl/N-ethyl adjacent to an activating group) is 1. The molecule has 0 saturated heterocycles. The summed E-state index contributed by atoms with van der Waals surface area (Å²) in [6.07, 6.45) is 0. The van der Waals surface area contributed by atoms with Gasteiger partial charge in [-0.25, -0.2) is 0 Å². The van der Waals surface area contributed by atoms with E-state index in [1.165, 1.54) is 14.7 Å². The fourth-order valence-corrected chi connectivity index (χ4v) is 2.66. The molecular formula is C18H22INO. The van der Waals surface area contributed by atoms with Crippen molar-refractivity contribution < 1.29 is 4.74 Å². The summed E-state index contributed by atoms with van der Waals surface area (Å²) >= 11 is 2.30. The molecule has 2 aromatic carbocycles. The first-order chi connectivity index (χ1) is 10.2. The van der Waals surface area contributed by atoms with E-state index in [4.69, 9.17) is 4.74 Å². The molecule has 0 heterocycles. The van der Waals surface area contributed by atoms with E-state index in [0.29, 0.717) is 12.5 Å². The molecule has 3 heteroatoms. The van der Waals surface area contributed by atoms with Crippen molar-refractivity contribution in [3.8, 4) is 5.75 Å². The molecular weight excluding hydrogens is 373 g/mol. The molecule has 112 valence electrons. The van der Waals surface area contributed by atoms with Crippen molar-refractivity contribution in [3.63, 3.8) is 0 Å². The fourth-order valence-electron chi connectivity index (χ4n) is 2.14.